The van der Waals surface area contributed by atoms with Crippen LogP contribution in [0, 0.1) is 68.4 Å². The van der Waals surface area contributed by atoms with Crippen LogP contribution in [-0.2, 0) is 19.8 Å². The molecule has 0 saturated carbocycles. The number of nitrogens with zero attached hydrogens (tertiary/aromatic N) is 6. The van der Waals surface area contributed by atoms with Gasteiger partial charge in [0.05, 0.1) is 104 Å². The van der Waals surface area contributed by atoms with Gasteiger partial charge in [-0.1, -0.05) is 63.0 Å². The highest BCUT2D eigenvalue weighted by Crippen LogP contribution is 2.20. The lowest BCUT2D eigenvalue weighted by Gasteiger charge is -2.02. The molecule has 0 aromatic carbocycles. The van der Waals surface area contributed by atoms with Crippen LogP contribution in [0.3, 0.4) is 0 Å². The monoisotopic (exact) mass is 1040 g/mol. The predicted molar refractivity (Wildman–Crippen MR) is 256 cm³/mol. The third-order valence-corrected chi connectivity index (χ3v) is 14.4. The van der Waals surface area contributed by atoms with Gasteiger partial charge in [-0.3, -0.25) is 0 Å². The van der Waals surface area contributed by atoms with Crippen molar-refractivity contribution in [3.05, 3.63) is 94.3 Å². The first kappa shape index (κ1) is 52.3. The van der Waals surface area contributed by atoms with E-state index in [0.29, 0.717) is 11.4 Å². The number of aryl methyl sites for hydroxylation is 3. The lowest BCUT2D eigenvalue weighted by Crippen LogP contribution is -2.16. The molecule has 0 aliphatic carbocycles. The zero-order valence-corrected chi connectivity index (χ0v) is 43.0. The van der Waals surface area contributed by atoms with Gasteiger partial charge < -0.3 is 15.3 Å². The van der Waals surface area contributed by atoms with Crippen molar-refractivity contribution in [1.29, 1.82) is 0 Å². The summed E-state index contributed by atoms with van der Waals surface area (Å²) in [4.78, 5) is 27.5. The zero-order chi connectivity index (χ0) is 43.0. The van der Waals surface area contributed by atoms with E-state index in [0.717, 1.165) is 49.9 Å². The second-order valence-electron chi connectivity index (χ2n) is 12.8. The molecule has 9 nitrogen and oxygen atoms in total. The molecule has 6 rings (SSSR count). The van der Waals surface area contributed by atoms with E-state index in [9.17, 15) is 0 Å². The standard InChI is InChI=1S/C9H13NOSSi.C9H13NSSi.C6H5NOS.C6H5NS.C4H4BrNOS.C4H4BrNS/c1-13(2,3)5-4-9-8(6-11)10-7-12-9;1-8-9(11-7-10-8)5-6-12(2,3)4;1-2-6-5(3-8)7-4-9-6;1-3-6-5(2)7-4-8-6;5-4-3(1-7)6-2-8-4;1-3-4(5)7-2-6-3/h7,11H,6H2,1-3H3;7H,1-4H3;1,4,8H,3H2;1,4H,2H3;2,7H,1H2;2H,1H3. The van der Waals surface area contributed by atoms with Crippen molar-refractivity contribution >= 4 is 116 Å². The molecular weight excluding hydrogens is 997 g/mol. The molecule has 0 bridgehead atoms. The maximum Gasteiger partial charge on any atom is 0.129 e. The molecule has 0 atom stereocenters. The largest absolute Gasteiger partial charge is 0.390 e. The molecule has 0 fully saturated rings. The Morgan fingerprint density at radius 2 is 0.842 bits per heavy atom. The number of hydrogen-bond acceptors (Lipinski definition) is 15. The molecule has 0 aliphatic heterocycles. The summed E-state index contributed by atoms with van der Waals surface area (Å²) >= 11 is 15.6. The van der Waals surface area contributed by atoms with Crippen LogP contribution in [0.15, 0.2) is 40.6 Å². The lowest BCUT2D eigenvalue weighted by molar-refractivity contribution is 0.277. The Balaban J connectivity index is 0.000000347. The third-order valence-electron chi connectivity index (χ3n) is 5.87. The average molecular weight is 1040 g/mol. The van der Waals surface area contributed by atoms with Gasteiger partial charge in [0.15, 0.2) is 0 Å². The van der Waals surface area contributed by atoms with Crippen LogP contribution >= 0.6 is 99.9 Å². The summed E-state index contributed by atoms with van der Waals surface area (Å²) in [7, 11) is -2.53. The minimum absolute atomic E-state index is 0.0147. The normalized spacial score (nSPS) is 9.82. The maximum atomic E-state index is 8.92. The highest BCUT2D eigenvalue weighted by atomic mass is 79.9. The first-order chi connectivity index (χ1) is 26.9. The molecular formula is C38H44Br2N6O3S6Si2. The SMILES string of the molecule is C#Cc1scnc1C.C#Cc1scnc1CO.C[Si](C)(C)C#Cc1scnc1CO.Cc1ncsc1Br.Cc1ncsc1C#C[Si](C)(C)C.OCc1ncsc1Br. The van der Waals surface area contributed by atoms with Gasteiger partial charge in [-0.25, -0.2) is 29.9 Å². The third kappa shape index (κ3) is 22.3. The topological polar surface area (TPSA) is 138 Å². The maximum absolute atomic E-state index is 8.92. The summed E-state index contributed by atoms with van der Waals surface area (Å²) in [5.41, 5.74) is 22.1. The number of hydrogen-bond donors (Lipinski definition) is 3. The second kappa shape index (κ2) is 27.9. The van der Waals surface area contributed by atoms with Crippen molar-refractivity contribution in [1.82, 2.24) is 29.9 Å². The van der Waals surface area contributed by atoms with Crippen LogP contribution in [0.1, 0.15) is 53.7 Å². The molecule has 6 heterocycles. The molecule has 0 radical (unpaired) electrons. The Bertz CT molecular complexity index is 2260. The van der Waals surface area contributed by atoms with Gasteiger partial charge in [0, 0.05) is 0 Å². The number of aromatic nitrogens is 6. The van der Waals surface area contributed by atoms with E-state index in [1.165, 1.54) is 45.3 Å². The van der Waals surface area contributed by atoms with E-state index in [4.69, 9.17) is 28.2 Å². The average Bonchev–Trinajstić information content (AvgIpc) is 4.03. The minimum Gasteiger partial charge on any atom is -0.390 e. The molecule has 0 amide bonds. The van der Waals surface area contributed by atoms with Crippen molar-refractivity contribution in [3.63, 3.8) is 0 Å². The summed E-state index contributed by atoms with van der Waals surface area (Å²) in [6.45, 7) is 19.1. The van der Waals surface area contributed by atoms with E-state index in [2.05, 4.69) is 136 Å². The molecule has 302 valence electrons. The van der Waals surface area contributed by atoms with Gasteiger partial charge in [-0.2, -0.15) is 0 Å². The number of terminal acetylenes is 2. The van der Waals surface area contributed by atoms with Gasteiger partial charge >= 0.3 is 0 Å². The number of aliphatic hydroxyl groups is 3. The molecule has 19 heteroatoms. The van der Waals surface area contributed by atoms with E-state index in [-0.39, 0.29) is 19.8 Å². The van der Waals surface area contributed by atoms with Gasteiger partial charge in [-0.05, 0) is 52.6 Å². The predicted octanol–water partition coefficient (Wildman–Crippen LogP) is 10.2. The molecule has 0 unspecified atom stereocenters. The number of aliphatic hydroxyl groups excluding tert-OH is 3. The molecule has 6 aromatic heterocycles. The Labute approximate surface area is 379 Å². The summed E-state index contributed by atoms with van der Waals surface area (Å²) in [5, 5.41) is 26.0. The van der Waals surface area contributed by atoms with E-state index < -0.39 is 16.1 Å². The second-order valence-corrected chi connectivity index (χ2v) is 30.1. The van der Waals surface area contributed by atoms with Crippen LogP contribution < -0.4 is 0 Å². The Morgan fingerprint density at radius 3 is 1.14 bits per heavy atom. The Morgan fingerprint density at radius 1 is 0.491 bits per heavy atom. The van der Waals surface area contributed by atoms with E-state index >= 15 is 0 Å². The summed E-state index contributed by atoms with van der Waals surface area (Å²) in [6.07, 6.45) is 10.2. The van der Waals surface area contributed by atoms with Crippen molar-refractivity contribution in [3.8, 4) is 47.6 Å². The van der Waals surface area contributed by atoms with Crippen LogP contribution in [0.2, 0.25) is 39.3 Å². The highest BCUT2D eigenvalue weighted by molar-refractivity contribution is 9.11. The van der Waals surface area contributed by atoms with Crippen LogP contribution in [-0.4, -0.2) is 61.4 Å². The van der Waals surface area contributed by atoms with Gasteiger partial charge in [-0.15, -0.1) is 92.0 Å². The quantitative estimate of drug-likeness (QED) is 0.117. The first-order valence-corrected chi connectivity index (χ1v) is 30.4. The zero-order valence-electron chi connectivity index (χ0n) is 33.0. The van der Waals surface area contributed by atoms with Crippen molar-refractivity contribution in [2.75, 3.05) is 0 Å². The van der Waals surface area contributed by atoms with E-state index in [1.807, 2.05) is 31.8 Å². The van der Waals surface area contributed by atoms with Crippen molar-refractivity contribution < 1.29 is 15.3 Å². The molecule has 0 saturated heterocycles. The number of thiazole rings is 6. The fourth-order valence-corrected chi connectivity index (χ4v) is 8.56. The Kier molecular flexibility index (Phi) is 25.6. The molecule has 0 aliphatic rings. The number of halogens is 2. The summed E-state index contributed by atoms with van der Waals surface area (Å²) < 4.78 is 2.05. The first-order valence-electron chi connectivity index (χ1n) is 16.5. The van der Waals surface area contributed by atoms with Gasteiger partial charge in [0.1, 0.15) is 25.9 Å². The molecule has 0 spiro atoms. The molecule has 3 N–H and O–H groups in total. The lowest BCUT2D eigenvalue weighted by atomic mass is 10.4. The van der Waals surface area contributed by atoms with Crippen LogP contribution in [0.5, 0.6) is 0 Å². The fraction of sp³-hybridized carbons (Fsp3) is 0.316. The summed E-state index contributed by atoms with van der Waals surface area (Å²) in [5.74, 6) is 11.2. The van der Waals surface area contributed by atoms with Gasteiger partial charge in [0.25, 0.3) is 0 Å². The van der Waals surface area contributed by atoms with Crippen LogP contribution in [0.4, 0.5) is 0 Å². The molecule has 57 heavy (non-hydrogen) atoms. The molecule has 6 aromatic rings. The number of rotatable bonds is 3. The summed E-state index contributed by atoms with van der Waals surface area (Å²) in [6, 6.07) is 0. The fourth-order valence-electron chi connectivity index (χ4n) is 2.98. The smallest absolute Gasteiger partial charge is 0.129 e. The van der Waals surface area contributed by atoms with Crippen molar-refractivity contribution in [2.24, 2.45) is 0 Å². The Hall–Kier alpha value is -2.71. The van der Waals surface area contributed by atoms with Crippen LogP contribution in [0.25, 0.3) is 0 Å². The van der Waals surface area contributed by atoms with Gasteiger partial charge in [0.2, 0.25) is 0 Å². The van der Waals surface area contributed by atoms with Crippen molar-refractivity contribution in [2.45, 2.75) is 79.9 Å². The minimum atomic E-state index is -1.31. The van der Waals surface area contributed by atoms with E-state index in [1.54, 1.807) is 44.7 Å². The highest BCUT2D eigenvalue weighted by Gasteiger charge is 2.09.